The van der Waals surface area contributed by atoms with Crippen molar-refractivity contribution >= 4 is 38.9 Å². The lowest BCUT2D eigenvalue weighted by Crippen LogP contribution is -2.08. The van der Waals surface area contributed by atoms with E-state index in [-0.39, 0.29) is 6.61 Å². The Morgan fingerprint density at radius 3 is 2.56 bits per heavy atom. The Morgan fingerprint density at radius 2 is 1.88 bits per heavy atom. The van der Waals surface area contributed by atoms with E-state index in [0.29, 0.717) is 34.2 Å². The number of imidazole rings is 1. The quantitative estimate of drug-likeness (QED) is 0.413. The summed E-state index contributed by atoms with van der Waals surface area (Å²) in [5, 5.41) is 12.4. The van der Waals surface area contributed by atoms with Crippen LogP contribution in [-0.4, -0.2) is 31.2 Å². The molecule has 132 valence electrons. The molecule has 0 saturated heterocycles. The van der Waals surface area contributed by atoms with Crippen LogP contribution in [0.15, 0.2) is 29.0 Å². The number of unbranched alkanes of at least 4 members (excludes halogenated alkanes) is 1. The van der Waals surface area contributed by atoms with Crippen LogP contribution in [0.1, 0.15) is 30.9 Å². The van der Waals surface area contributed by atoms with E-state index in [2.05, 4.69) is 43.1 Å². The number of aromatic nitrogens is 4. The van der Waals surface area contributed by atoms with Crippen molar-refractivity contribution in [3.05, 3.63) is 40.1 Å². The van der Waals surface area contributed by atoms with Crippen LogP contribution in [0, 0.1) is 0 Å². The number of rotatable bonds is 7. The molecule has 0 aliphatic carbocycles. The minimum Gasteiger partial charge on any atom is -0.392 e. The summed E-state index contributed by atoms with van der Waals surface area (Å²) in [5.41, 5.74) is 9.29. The van der Waals surface area contributed by atoms with Crippen molar-refractivity contribution in [2.24, 2.45) is 0 Å². The first-order valence-electron chi connectivity index (χ1n) is 8.24. The van der Waals surface area contributed by atoms with Gasteiger partial charge in [-0.15, -0.1) is 0 Å². The lowest BCUT2D eigenvalue weighted by atomic mass is 10.1. The molecule has 2 aromatic heterocycles. The fourth-order valence-corrected chi connectivity index (χ4v) is 2.99. The summed E-state index contributed by atoms with van der Waals surface area (Å²) in [7, 11) is 0. The molecule has 7 nitrogen and oxygen atoms in total. The molecule has 0 aliphatic heterocycles. The maximum atomic E-state index is 9.16. The van der Waals surface area contributed by atoms with Crippen molar-refractivity contribution in [2.75, 3.05) is 17.6 Å². The van der Waals surface area contributed by atoms with E-state index in [1.807, 2.05) is 28.8 Å². The van der Waals surface area contributed by atoms with Gasteiger partial charge in [0.05, 0.1) is 13.2 Å². The number of hydrogen-bond acceptors (Lipinski definition) is 6. The molecule has 0 fully saturated rings. The zero-order chi connectivity index (χ0) is 17.8. The molecule has 0 radical (unpaired) electrons. The molecule has 8 heteroatoms. The molecule has 0 amide bonds. The third kappa shape index (κ3) is 3.91. The van der Waals surface area contributed by atoms with Gasteiger partial charge >= 0.3 is 0 Å². The summed E-state index contributed by atoms with van der Waals surface area (Å²) in [6.45, 7) is 3.57. The topological polar surface area (TPSA) is 102 Å². The molecule has 0 aliphatic rings. The summed E-state index contributed by atoms with van der Waals surface area (Å²) >= 11 is 3.49. The number of nitrogens with one attached hydrogen (secondary N) is 1. The highest BCUT2D eigenvalue weighted by Gasteiger charge is 2.15. The molecule has 4 N–H and O–H groups in total. The molecule has 0 saturated carbocycles. The molecule has 3 rings (SSSR count). The minimum atomic E-state index is 0.0362. The van der Waals surface area contributed by atoms with Crippen LogP contribution >= 0.6 is 15.9 Å². The monoisotopic (exact) mass is 404 g/mol. The van der Waals surface area contributed by atoms with E-state index >= 15 is 0 Å². The lowest BCUT2D eigenvalue weighted by molar-refractivity contribution is 0.282. The fourth-order valence-electron chi connectivity index (χ4n) is 2.52. The fraction of sp³-hybridized carbons (Fsp3) is 0.353. The highest BCUT2D eigenvalue weighted by atomic mass is 79.9. The smallest absolute Gasteiger partial charge is 0.226 e. The number of fused-ring (bicyclic) bond motifs is 1. The zero-order valence-corrected chi connectivity index (χ0v) is 15.6. The van der Waals surface area contributed by atoms with Crippen molar-refractivity contribution in [1.82, 2.24) is 19.5 Å². The first-order chi connectivity index (χ1) is 12.1. The molecule has 1 aromatic carbocycles. The highest BCUT2D eigenvalue weighted by molar-refractivity contribution is 9.10. The van der Waals surface area contributed by atoms with E-state index < -0.39 is 0 Å². The second kappa shape index (κ2) is 7.79. The zero-order valence-electron chi connectivity index (χ0n) is 14.0. The largest absolute Gasteiger partial charge is 0.392 e. The average molecular weight is 405 g/mol. The van der Waals surface area contributed by atoms with Crippen molar-refractivity contribution < 1.29 is 5.11 Å². The predicted octanol–water partition coefficient (Wildman–Crippen LogP) is 2.92. The van der Waals surface area contributed by atoms with Gasteiger partial charge in [-0.3, -0.25) is 4.57 Å². The van der Waals surface area contributed by atoms with Gasteiger partial charge in [0.25, 0.3) is 0 Å². The van der Waals surface area contributed by atoms with E-state index in [1.165, 1.54) is 0 Å². The van der Waals surface area contributed by atoms with Crippen LogP contribution in [0.3, 0.4) is 0 Å². The Kier molecular flexibility index (Phi) is 5.50. The summed E-state index contributed by atoms with van der Waals surface area (Å²) in [5.74, 6) is 0.877. The lowest BCUT2D eigenvalue weighted by Gasteiger charge is -2.08. The maximum absolute atomic E-state index is 9.16. The van der Waals surface area contributed by atoms with Gasteiger partial charge in [-0.2, -0.15) is 9.97 Å². The Bertz CT molecular complexity index is 862. The average Bonchev–Trinajstić information content (AvgIpc) is 2.93. The molecule has 25 heavy (non-hydrogen) atoms. The SMILES string of the molecule is CCCCNc1nc(N)c2nc(Br)n(Cc3ccc(CO)cc3)c2n1. The van der Waals surface area contributed by atoms with Crippen LogP contribution < -0.4 is 11.1 Å². The van der Waals surface area contributed by atoms with Gasteiger partial charge in [-0.1, -0.05) is 37.6 Å². The van der Waals surface area contributed by atoms with E-state index in [1.54, 1.807) is 0 Å². The number of anilines is 2. The van der Waals surface area contributed by atoms with Crippen LogP contribution in [0.25, 0.3) is 11.2 Å². The van der Waals surface area contributed by atoms with E-state index in [4.69, 9.17) is 10.8 Å². The minimum absolute atomic E-state index is 0.0362. The first kappa shape index (κ1) is 17.6. The van der Waals surface area contributed by atoms with Crippen LogP contribution in [-0.2, 0) is 13.2 Å². The summed E-state index contributed by atoms with van der Waals surface area (Å²) in [4.78, 5) is 13.3. The predicted molar refractivity (Wildman–Crippen MR) is 102 cm³/mol. The Morgan fingerprint density at radius 1 is 1.16 bits per heavy atom. The van der Waals surface area contributed by atoms with Gasteiger partial charge < -0.3 is 16.2 Å². The van der Waals surface area contributed by atoms with E-state index in [0.717, 1.165) is 30.5 Å². The number of benzene rings is 1. The van der Waals surface area contributed by atoms with Gasteiger partial charge in [0.15, 0.2) is 21.7 Å². The number of aliphatic hydroxyl groups is 1. The standard InChI is InChI=1S/C17H21BrN6O/c1-2-3-8-20-17-22-14(19)13-15(23-17)24(16(18)21-13)9-11-4-6-12(10-25)7-5-11/h4-7,25H,2-3,8-10H2,1H3,(H3,19,20,22,23). The van der Waals surface area contributed by atoms with Gasteiger partial charge in [0.2, 0.25) is 5.95 Å². The molecule has 0 unspecified atom stereocenters. The highest BCUT2D eigenvalue weighted by Crippen LogP contribution is 2.25. The maximum Gasteiger partial charge on any atom is 0.226 e. The molecule has 0 bridgehead atoms. The second-order valence-corrected chi connectivity index (χ2v) is 6.54. The third-order valence-electron chi connectivity index (χ3n) is 3.93. The van der Waals surface area contributed by atoms with Gasteiger partial charge in [0.1, 0.15) is 0 Å². The van der Waals surface area contributed by atoms with Crippen molar-refractivity contribution in [1.29, 1.82) is 0 Å². The second-order valence-electron chi connectivity index (χ2n) is 5.83. The Hall–Kier alpha value is -2.19. The van der Waals surface area contributed by atoms with Gasteiger partial charge in [-0.05, 0) is 33.5 Å². The number of nitrogens with two attached hydrogens (primary N) is 1. The van der Waals surface area contributed by atoms with Crippen LogP contribution in [0.4, 0.5) is 11.8 Å². The third-order valence-corrected chi connectivity index (χ3v) is 4.54. The molecule has 0 spiro atoms. The van der Waals surface area contributed by atoms with Gasteiger partial charge in [-0.25, -0.2) is 4.98 Å². The molecule has 0 atom stereocenters. The number of halogens is 1. The molecular formula is C17H21BrN6O. The normalized spacial score (nSPS) is 11.2. The Balaban J connectivity index is 1.94. The van der Waals surface area contributed by atoms with E-state index in [9.17, 15) is 0 Å². The molecular weight excluding hydrogens is 384 g/mol. The molecule has 2 heterocycles. The summed E-state index contributed by atoms with van der Waals surface area (Å²) < 4.78 is 2.60. The first-order valence-corrected chi connectivity index (χ1v) is 9.03. The summed E-state index contributed by atoms with van der Waals surface area (Å²) in [6, 6.07) is 7.77. The van der Waals surface area contributed by atoms with Gasteiger partial charge in [0, 0.05) is 6.54 Å². The van der Waals surface area contributed by atoms with Crippen molar-refractivity contribution in [3.8, 4) is 0 Å². The number of nitrogen functional groups attached to an aromatic ring is 1. The number of nitrogens with zero attached hydrogens (tertiary/aromatic N) is 4. The van der Waals surface area contributed by atoms with Crippen LogP contribution in [0.2, 0.25) is 0 Å². The summed E-state index contributed by atoms with van der Waals surface area (Å²) in [6.07, 6.45) is 2.14. The van der Waals surface area contributed by atoms with Crippen molar-refractivity contribution in [3.63, 3.8) is 0 Å². The number of aliphatic hydroxyl groups excluding tert-OH is 1. The Labute approximate surface area is 154 Å². The number of hydrogen-bond donors (Lipinski definition) is 3. The van der Waals surface area contributed by atoms with Crippen LogP contribution in [0.5, 0.6) is 0 Å². The van der Waals surface area contributed by atoms with Crippen molar-refractivity contribution in [2.45, 2.75) is 32.9 Å². The molecule has 3 aromatic rings.